The number of likely N-dealkylation sites (N-methyl/N-ethyl adjacent to an activating group) is 1. The quantitative estimate of drug-likeness (QED) is 0.835. The predicted molar refractivity (Wildman–Crippen MR) is 90.8 cm³/mol. The van der Waals surface area contributed by atoms with Gasteiger partial charge in [-0.05, 0) is 45.3 Å². The van der Waals surface area contributed by atoms with Crippen LogP contribution in [-0.2, 0) is 16.0 Å². The number of aromatic amines is 1. The first kappa shape index (κ1) is 16.1. The monoisotopic (exact) mass is 340 g/mol. The average molecular weight is 341 g/mol. The van der Waals surface area contributed by atoms with Crippen LogP contribution in [0.2, 0.25) is 0 Å². The minimum atomic E-state index is 0.194. The van der Waals surface area contributed by atoms with Crippen LogP contribution in [-0.4, -0.2) is 41.6 Å². The molecule has 0 bridgehead atoms. The second kappa shape index (κ2) is 6.06. The van der Waals surface area contributed by atoms with Gasteiger partial charge in [0.25, 0.3) is 0 Å². The van der Waals surface area contributed by atoms with E-state index < -0.39 is 0 Å². The number of rotatable bonds is 5. The number of thiazole rings is 1. The summed E-state index contributed by atoms with van der Waals surface area (Å²) in [6.45, 7) is 4.80. The van der Waals surface area contributed by atoms with Crippen molar-refractivity contribution in [2.24, 2.45) is 5.41 Å². The lowest BCUT2D eigenvalue weighted by atomic mass is 9.50. The van der Waals surface area contributed by atoms with E-state index >= 15 is 0 Å². The van der Waals surface area contributed by atoms with Crippen molar-refractivity contribution in [1.29, 1.82) is 0 Å². The molecule has 1 aromatic heterocycles. The van der Waals surface area contributed by atoms with Crippen LogP contribution in [0.5, 0.6) is 0 Å². The first-order valence-corrected chi connectivity index (χ1v) is 9.26. The third kappa shape index (κ3) is 2.55. The van der Waals surface area contributed by atoms with Crippen molar-refractivity contribution in [3.05, 3.63) is 14.5 Å². The van der Waals surface area contributed by atoms with E-state index in [1.807, 2.05) is 18.9 Å². The van der Waals surface area contributed by atoms with E-state index in [4.69, 9.17) is 17.0 Å². The van der Waals surface area contributed by atoms with Gasteiger partial charge in [0.2, 0.25) is 5.91 Å². The summed E-state index contributed by atoms with van der Waals surface area (Å²) in [6, 6.07) is 0.345. The summed E-state index contributed by atoms with van der Waals surface area (Å²) in [5.74, 6) is 0.194. The second-order valence-corrected chi connectivity index (χ2v) is 8.30. The number of hydrogen-bond donors (Lipinski definition) is 1. The zero-order valence-electron chi connectivity index (χ0n) is 13.5. The molecule has 4 nitrogen and oxygen atoms in total. The fourth-order valence-electron chi connectivity index (χ4n) is 3.99. The second-order valence-electron chi connectivity index (χ2n) is 6.53. The smallest absolute Gasteiger partial charge is 0.227 e. The van der Waals surface area contributed by atoms with Crippen molar-refractivity contribution in [3.8, 4) is 0 Å². The highest BCUT2D eigenvalue weighted by atomic mass is 32.1. The molecule has 122 valence electrons. The topological polar surface area (TPSA) is 45.3 Å². The molecule has 0 aliphatic heterocycles. The van der Waals surface area contributed by atoms with Gasteiger partial charge in [0.15, 0.2) is 3.95 Å². The van der Waals surface area contributed by atoms with Gasteiger partial charge < -0.3 is 14.6 Å². The normalized spacial score (nSPS) is 25.6. The number of H-pyrrole nitrogens is 1. The van der Waals surface area contributed by atoms with Crippen molar-refractivity contribution in [1.82, 2.24) is 9.88 Å². The van der Waals surface area contributed by atoms with Crippen LogP contribution in [0.4, 0.5) is 0 Å². The van der Waals surface area contributed by atoms with Gasteiger partial charge in [0.1, 0.15) is 0 Å². The number of ether oxygens (including phenoxy) is 1. The number of amides is 1. The summed E-state index contributed by atoms with van der Waals surface area (Å²) in [5, 5.41) is 0. The molecule has 2 atom stereocenters. The van der Waals surface area contributed by atoms with E-state index in [9.17, 15) is 4.79 Å². The lowest BCUT2D eigenvalue weighted by molar-refractivity contribution is -0.202. The maximum absolute atomic E-state index is 12.6. The van der Waals surface area contributed by atoms with Crippen LogP contribution in [0.3, 0.4) is 0 Å². The Kier molecular flexibility index (Phi) is 4.45. The van der Waals surface area contributed by atoms with Crippen molar-refractivity contribution in [2.75, 3.05) is 13.7 Å². The standard InChI is InChI=1S/C16H24N2O2S2/c1-4-20-13-9-12(16(13)6-5-7-16)18(3)14(19)8-11-10(2)17-15(21)22-11/h12-13H,4-9H2,1-3H3,(H,17,21). The van der Waals surface area contributed by atoms with Gasteiger partial charge in [0.05, 0.1) is 12.5 Å². The molecule has 1 spiro atoms. The fraction of sp³-hybridized carbons (Fsp3) is 0.750. The molecular weight excluding hydrogens is 316 g/mol. The Balaban J connectivity index is 1.66. The molecular formula is C16H24N2O2S2. The van der Waals surface area contributed by atoms with Gasteiger partial charge in [0, 0.05) is 35.7 Å². The minimum Gasteiger partial charge on any atom is -0.378 e. The Labute approximate surface area is 140 Å². The first-order valence-electron chi connectivity index (χ1n) is 8.04. The molecule has 2 fully saturated rings. The highest BCUT2D eigenvalue weighted by Gasteiger charge is 2.60. The van der Waals surface area contributed by atoms with Gasteiger partial charge >= 0.3 is 0 Å². The molecule has 2 saturated carbocycles. The Morgan fingerprint density at radius 1 is 1.55 bits per heavy atom. The molecule has 1 aromatic rings. The van der Waals surface area contributed by atoms with E-state index in [1.54, 1.807) is 0 Å². The Hall–Kier alpha value is -0.720. The molecule has 1 amide bonds. The van der Waals surface area contributed by atoms with E-state index in [-0.39, 0.29) is 11.3 Å². The number of carbonyl (C=O) groups excluding carboxylic acids is 1. The third-order valence-electron chi connectivity index (χ3n) is 5.49. The van der Waals surface area contributed by atoms with E-state index in [2.05, 4.69) is 11.9 Å². The Morgan fingerprint density at radius 3 is 2.77 bits per heavy atom. The maximum Gasteiger partial charge on any atom is 0.227 e. The molecule has 2 aliphatic rings. The summed E-state index contributed by atoms with van der Waals surface area (Å²) in [4.78, 5) is 18.8. The number of hydrogen-bond acceptors (Lipinski definition) is 4. The van der Waals surface area contributed by atoms with Crippen LogP contribution in [0.1, 0.15) is 43.2 Å². The summed E-state index contributed by atoms with van der Waals surface area (Å²) in [7, 11) is 1.95. The largest absolute Gasteiger partial charge is 0.378 e. The zero-order valence-corrected chi connectivity index (χ0v) is 15.1. The molecule has 3 rings (SSSR count). The summed E-state index contributed by atoms with van der Waals surface area (Å²) < 4.78 is 6.63. The van der Waals surface area contributed by atoms with Crippen molar-refractivity contribution < 1.29 is 9.53 Å². The molecule has 2 unspecified atom stereocenters. The number of aryl methyl sites for hydroxylation is 1. The van der Waals surface area contributed by atoms with Crippen LogP contribution in [0, 0.1) is 16.3 Å². The molecule has 0 radical (unpaired) electrons. The third-order valence-corrected chi connectivity index (χ3v) is 6.83. The van der Waals surface area contributed by atoms with E-state index in [0.717, 1.165) is 27.6 Å². The molecule has 1 heterocycles. The summed E-state index contributed by atoms with van der Waals surface area (Å²) in [5.41, 5.74) is 1.26. The Morgan fingerprint density at radius 2 is 2.27 bits per heavy atom. The Bertz CT molecular complexity index is 618. The lowest BCUT2D eigenvalue weighted by Crippen LogP contribution is -2.67. The molecule has 6 heteroatoms. The van der Waals surface area contributed by atoms with E-state index in [1.165, 1.54) is 30.6 Å². The summed E-state index contributed by atoms with van der Waals surface area (Å²) >= 11 is 6.67. The maximum atomic E-state index is 12.6. The first-order chi connectivity index (χ1) is 10.5. The van der Waals surface area contributed by atoms with Gasteiger partial charge in [-0.2, -0.15) is 0 Å². The molecule has 22 heavy (non-hydrogen) atoms. The van der Waals surface area contributed by atoms with Crippen LogP contribution in [0.15, 0.2) is 0 Å². The molecule has 1 N–H and O–H groups in total. The fourth-order valence-corrected chi connectivity index (χ4v) is 5.27. The van der Waals surface area contributed by atoms with Crippen LogP contribution in [0.25, 0.3) is 0 Å². The zero-order chi connectivity index (χ0) is 15.9. The summed E-state index contributed by atoms with van der Waals surface area (Å²) in [6.07, 6.45) is 5.44. The average Bonchev–Trinajstić information content (AvgIpc) is 2.69. The van der Waals surface area contributed by atoms with Crippen LogP contribution < -0.4 is 0 Å². The van der Waals surface area contributed by atoms with Crippen molar-refractivity contribution in [2.45, 2.75) is 58.1 Å². The SMILES string of the molecule is CCOC1CC(N(C)C(=O)Cc2sc(=S)[nH]c2C)C12CCC2. The molecule has 0 aromatic carbocycles. The number of carbonyl (C=O) groups is 1. The van der Waals surface area contributed by atoms with Crippen molar-refractivity contribution in [3.63, 3.8) is 0 Å². The predicted octanol–water partition coefficient (Wildman–Crippen LogP) is 3.46. The highest BCUT2D eigenvalue weighted by Crippen LogP contribution is 2.58. The van der Waals surface area contributed by atoms with Gasteiger partial charge in [-0.15, -0.1) is 11.3 Å². The van der Waals surface area contributed by atoms with Crippen LogP contribution >= 0.6 is 23.6 Å². The highest BCUT2D eigenvalue weighted by molar-refractivity contribution is 7.73. The van der Waals surface area contributed by atoms with Gasteiger partial charge in [-0.3, -0.25) is 4.79 Å². The number of nitrogens with one attached hydrogen (secondary N) is 1. The molecule has 2 aliphatic carbocycles. The lowest BCUT2D eigenvalue weighted by Gasteiger charge is -2.63. The number of nitrogens with zero attached hydrogens (tertiary/aromatic N) is 1. The van der Waals surface area contributed by atoms with Gasteiger partial charge in [-0.25, -0.2) is 0 Å². The number of aromatic nitrogens is 1. The van der Waals surface area contributed by atoms with Crippen molar-refractivity contribution >= 4 is 29.5 Å². The minimum absolute atomic E-state index is 0.194. The van der Waals surface area contributed by atoms with Gasteiger partial charge in [-0.1, -0.05) is 6.42 Å². The van der Waals surface area contributed by atoms with E-state index in [0.29, 0.717) is 18.6 Å². The molecule has 0 saturated heterocycles.